The van der Waals surface area contributed by atoms with E-state index in [1.807, 2.05) is 12.1 Å². The topological polar surface area (TPSA) is 48.1 Å². The van der Waals surface area contributed by atoms with Crippen LogP contribution in [0.4, 0.5) is 4.39 Å². The smallest absolute Gasteiger partial charge is 0.267 e. The van der Waals surface area contributed by atoms with Crippen molar-refractivity contribution in [2.75, 3.05) is 13.1 Å². The highest BCUT2D eigenvalue weighted by Gasteiger charge is 2.40. The molecule has 5 rings (SSSR count). The summed E-state index contributed by atoms with van der Waals surface area (Å²) in [6.45, 7) is 4.48. The number of rotatable bonds is 3. The SMILES string of the molecule is C[C@H]1[C@H](NC(=O)c2ccc(-c3cccc(F)c3)[nH]2)C2CCN1CC2. The Morgan fingerprint density at radius 1 is 1.25 bits per heavy atom. The number of nitrogens with one attached hydrogen (secondary N) is 2. The molecule has 0 unspecified atom stereocenters. The summed E-state index contributed by atoms with van der Waals surface area (Å²) in [4.78, 5) is 18.2. The molecule has 2 N–H and O–H groups in total. The van der Waals surface area contributed by atoms with Gasteiger partial charge in [0, 0.05) is 23.3 Å². The maximum Gasteiger partial charge on any atom is 0.267 e. The first-order chi connectivity index (χ1) is 11.6. The van der Waals surface area contributed by atoms with Gasteiger partial charge >= 0.3 is 0 Å². The maximum atomic E-state index is 13.4. The molecule has 3 aliphatic heterocycles. The molecule has 4 heterocycles. The summed E-state index contributed by atoms with van der Waals surface area (Å²) in [6.07, 6.45) is 2.32. The minimum absolute atomic E-state index is 0.0803. The van der Waals surface area contributed by atoms with Gasteiger partial charge in [-0.05, 0) is 63.0 Å². The summed E-state index contributed by atoms with van der Waals surface area (Å²) in [7, 11) is 0. The van der Waals surface area contributed by atoms with Gasteiger partial charge in [-0.1, -0.05) is 12.1 Å². The third kappa shape index (κ3) is 2.73. The van der Waals surface area contributed by atoms with Crippen molar-refractivity contribution in [3.63, 3.8) is 0 Å². The largest absolute Gasteiger partial charge is 0.351 e. The van der Waals surface area contributed by atoms with Crippen molar-refractivity contribution in [1.82, 2.24) is 15.2 Å². The highest BCUT2D eigenvalue weighted by molar-refractivity contribution is 5.93. The summed E-state index contributed by atoms with van der Waals surface area (Å²) >= 11 is 0. The molecule has 2 aromatic rings. The lowest BCUT2D eigenvalue weighted by Crippen LogP contribution is -2.62. The molecule has 2 atom stereocenters. The lowest BCUT2D eigenvalue weighted by atomic mass is 9.79. The Hall–Kier alpha value is -2.14. The number of aromatic amines is 1. The van der Waals surface area contributed by atoms with Gasteiger partial charge in [0.2, 0.25) is 0 Å². The molecular formula is C19H22FN3O. The van der Waals surface area contributed by atoms with Gasteiger partial charge in [-0.2, -0.15) is 0 Å². The van der Waals surface area contributed by atoms with Crippen LogP contribution in [0, 0.1) is 11.7 Å². The summed E-state index contributed by atoms with van der Waals surface area (Å²) in [5.74, 6) is 0.212. The van der Waals surface area contributed by atoms with Crippen LogP contribution >= 0.6 is 0 Å². The first-order valence-electron chi connectivity index (χ1n) is 8.62. The zero-order chi connectivity index (χ0) is 16.7. The molecule has 1 aromatic heterocycles. The average Bonchev–Trinajstić information content (AvgIpc) is 3.09. The zero-order valence-corrected chi connectivity index (χ0v) is 13.8. The number of piperidine rings is 3. The van der Waals surface area contributed by atoms with Crippen molar-refractivity contribution in [3.8, 4) is 11.3 Å². The van der Waals surface area contributed by atoms with Gasteiger partial charge in [0.1, 0.15) is 11.5 Å². The number of halogens is 1. The fraction of sp³-hybridized carbons (Fsp3) is 0.421. The molecule has 126 valence electrons. The van der Waals surface area contributed by atoms with Crippen molar-refractivity contribution in [2.45, 2.75) is 31.8 Å². The number of fused-ring (bicyclic) bond motifs is 3. The number of aromatic nitrogens is 1. The number of amides is 1. The molecular weight excluding hydrogens is 305 g/mol. The van der Waals surface area contributed by atoms with Gasteiger partial charge in [0.15, 0.2) is 0 Å². The summed E-state index contributed by atoms with van der Waals surface area (Å²) in [6, 6.07) is 10.6. The maximum absolute atomic E-state index is 13.4. The molecule has 0 saturated carbocycles. The number of nitrogens with zero attached hydrogens (tertiary/aromatic N) is 1. The Kier molecular flexibility index (Phi) is 3.88. The van der Waals surface area contributed by atoms with E-state index in [0.717, 1.165) is 37.2 Å². The van der Waals surface area contributed by atoms with Crippen LogP contribution in [-0.4, -0.2) is 41.0 Å². The monoisotopic (exact) mass is 327 g/mol. The second-order valence-electron chi connectivity index (χ2n) is 6.91. The molecule has 0 spiro atoms. The molecule has 3 saturated heterocycles. The van der Waals surface area contributed by atoms with Crippen molar-refractivity contribution >= 4 is 5.91 Å². The van der Waals surface area contributed by atoms with Gasteiger partial charge in [-0.3, -0.25) is 9.69 Å². The van der Waals surface area contributed by atoms with Crippen LogP contribution in [0.2, 0.25) is 0 Å². The minimum Gasteiger partial charge on any atom is -0.351 e. The number of carbonyl (C=O) groups excluding carboxylic acids is 1. The molecule has 0 aliphatic carbocycles. The Morgan fingerprint density at radius 2 is 2.04 bits per heavy atom. The van der Waals surface area contributed by atoms with E-state index in [0.29, 0.717) is 17.7 Å². The summed E-state index contributed by atoms with van der Waals surface area (Å²) in [5.41, 5.74) is 2.02. The number of carbonyl (C=O) groups is 1. The van der Waals surface area contributed by atoms with E-state index in [2.05, 4.69) is 22.1 Å². The first-order valence-corrected chi connectivity index (χ1v) is 8.62. The molecule has 2 bridgehead atoms. The Bertz CT molecular complexity index is 747. The Morgan fingerprint density at radius 3 is 2.75 bits per heavy atom. The van der Waals surface area contributed by atoms with Crippen LogP contribution in [0.1, 0.15) is 30.3 Å². The van der Waals surface area contributed by atoms with E-state index < -0.39 is 0 Å². The highest BCUT2D eigenvalue weighted by atomic mass is 19.1. The fourth-order valence-electron chi connectivity index (χ4n) is 4.13. The van der Waals surface area contributed by atoms with Crippen molar-refractivity contribution in [3.05, 3.63) is 47.9 Å². The molecule has 1 amide bonds. The van der Waals surface area contributed by atoms with E-state index in [9.17, 15) is 9.18 Å². The van der Waals surface area contributed by atoms with Crippen LogP contribution in [0.15, 0.2) is 36.4 Å². The van der Waals surface area contributed by atoms with E-state index >= 15 is 0 Å². The normalized spacial score (nSPS) is 28.8. The molecule has 4 nitrogen and oxygen atoms in total. The predicted octanol–water partition coefficient (Wildman–Crippen LogP) is 3.03. The number of hydrogen-bond acceptors (Lipinski definition) is 2. The molecule has 3 fully saturated rings. The predicted molar refractivity (Wildman–Crippen MR) is 91.2 cm³/mol. The van der Waals surface area contributed by atoms with Gasteiger partial charge < -0.3 is 10.3 Å². The highest BCUT2D eigenvalue weighted by Crippen LogP contribution is 2.32. The molecule has 5 heteroatoms. The van der Waals surface area contributed by atoms with Gasteiger partial charge in [-0.25, -0.2) is 4.39 Å². The van der Waals surface area contributed by atoms with Gasteiger partial charge in [0.05, 0.1) is 0 Å². The van der Waals surface area contributed by atoms with Crippen LogP contribution in [-0.2, 0) is 0 Å². The summed E-state index contributed by atoms with van der Waals surface area (Å²) in [5, 5.41) is 3.21. The zero-order valence-electron chi connectivity index (χ0n) is 13.8. The van der Waals surface area contributed by atoms with Crippen molar-refractivity contribution in [2.24, 2.45) is 5.92 Å². The quantitative estimate of drug-likeness (QED) is 0.910. The van der Waals surface area contributed by atoms with Crippen LogP contribution in [0.25, 0.3) is 11.3 Å². The van der Waals surface area contributed by atoms with E-state index in [1.54, 1.807) is 12.1 Å². The van der Waals surface area contributed by atoms with Gasteiger partial charge in [0.25, 0.3) is 5.91 Å². The summed E-state index contributed by atoms with van der Waals surface area (Å²) < 4.78 is 13.4. The van der Waals surface area contributed by atoms with E-state index in [1.165, 1.54) is 12.1 Å². The van der Waals surface area contributed by atoms with Crippen LogP contribution in [0.3, 0.4) is 0 Å². The first kappa shape index (κ1) is 15.4. The molecule has 24 heavy (non-hydrogen) atoms. The second kappa shape index (κ2) is 6.06. The number of H-pyrrole nitrogens is 1. The van der Waals surface area contributed by atoms with E-state index in [-0.39, 0.29) is 17.8 Å². The van der Waals surface area contributed by atoms with Crippen LogP contribution < -0.4 is 5.32 Å². The van der Waals surface area contributed by atoms with E-state index in [4.69, 9.17) is 0 Å². The third-order valence-electron chi connectivity index (χ3n) is 5.54. The average molecular weight is 327 g/mol. The standard InChI is InChI=1S/C19H22FN3O/c1-12-18(13-7-9-23(12)10-8-13)22-19(24)17-6-5-16(21-17)14-3-2-4-15(20)11-14/h2-6,11-13,18,21H,7-10H2,1H3,(H,22,24)/t12-,18-/m0/s1. The lowest BCUT2D eigenvalue weighted by Gasteiger charge is -2.49. The number of hydrogen-bond donors (Lipinski definition) is 2. The lowest BCUT2D eigenvalue weighted by molar-refractivity contribution is 0.0216. The minimum atomic E-state index is -0.283. The number of benzene rings is 1. The fourth-order valence-corrected chi connectivity index (χ4v) is 4.13. The van der Waals surface area contributed by atoms with Crippen LogP contribution in [0.5, 0.6) is 0 Å². The molecule has 0 radical (unpaired) electrons. The molecule has 3 aliphatic rings. The second-order valence-corrected chi connectivity index (χ2v) is 6.91. The third-order valence-corrected chi connectivity index (χ3v) is 5.54. The van der Waals surface area contributed by atoms with Crippen molar-refractivity contribution in [1.29, 1.82) is 0 Å². The molecule has 1 aromatic carbocycles. The van der Waals surface area contributed by atoms with Crippen molar-refractivity contribution < 1.29 is 9.18 Å². The van der Waals surface area contributed by atoms with Gasteiger partial charge in [-0.15, -0.1) is 0 Å². The Labute approximate surface area is 141 Å². The Balaban J connectivity index is 1.49.